The van der Waals surface area contributed by atoms with Gasteiger partial charge in [0.25, 0.3) is 0 Å². The molecule has 4 nitrogen and oxygen atoms in total. The number of aryl methyl sites for hydroxylation is 2. The molecular weight excluding hydrogens is 250 g/mol. The van der Waals surface area contributed by atoms with E-state index in [0.717, 1.165) is 36.6 Å². The summed E-state index contributed by atoms with van der Waals surface area (Å²) >= 11 is 0. The molecule has 2 heterocycles. The van der Waals surface area contributed by atoms with E-state index in [4.69, 9.17) is 4.42 Å². The SMILES string of the molecule is CCc1nn(C)c(CC)c1-c1ccc(CNC(C)C)o1. The molecule has 0 aliphatic carbocycles. The van der Waals surface area contributed by atoms with Crippen LogP contribution in [0, 0.1) is 0 Å². The molecule has 0 aromatic carbocycles. The Morgan fingerprint density at radius 1 is 1.25 bits per heavy atom. The fourth-order valence-corrected chi connectivity index (χ4v) is 2.47. The molecule has 0 fully saturated rings. The van der Waals surface area contributed by atoms with Crippen molar-refractivity contribution >= 4 is 0 Å². The van der Waals surface area contributed by atoms with Crippen LogP contribution in [0.5, 0.6) is 0 Å². The molecule has 0 saturated carbocycles. The van der Waals surface area contributed by atoms with Gasteiger partial charge in [0.2, 0.25) is 0 Å². The van der Waals surface area contributed by atoms with E-state index in [2.05, 4.69) is 50.2 Å². The van der Waals surface area contributed by atoms with Gasteiger partial charge in [-0.25, -0.2) is 0 Å². The van der Waals surface area contributed by atoms with Gasteiger partial charge in [0, 0.05) is 18.8 Å². The van der Waals surface area contributed by atoms with E-state index in [-0.39, 0.29) is 0 Å². The molecule has 0 radical (unpaired) electrons. The largest absolute Gasteiger partial charge is 0.460 e. The summed E-state index contributed by atoms with van der Waals surface area (Å²) in [7, 11) is 2.01. The maximum Gasteiger partial charge on any atom is 0.138 e. The van der Waals surface area contributed by atoms with Gasteiger partial charge in [0.05, 0.1) is 17.8 Å². The molecule has 2 rings (SSSR count). The molecule has 2 aromatic heterocycles. The fraction of sp³-hybridized carbons (Fsp3) is 0.562. The second-order valence-electron chi connectivity index (χ2n) is 5.40. The fourth-order valence-electron chi connectivity index (χ4n) is 2.47. The predicted octanol–water partition coefficient (Wildman–Crippen LogP) is 3.30. The Morgan fingerprint density at radius 2 is 2.00 bits per heavy atom. The van der Waals surface area contributed by atoms with Gasteiger partial charge in [-0.05, 0) is 25.0 Å². The third-order valence-electron chi connectivity index (χ3n) is 3.50. The van der Waals surface area contributed by atoms with E-state index in [9.17, 15) is 0 Å². The van der Waals surface area contributed by atoms with Gasteiger partial charge < -0.3 is 9.73 Å². The first-order chi connectivity index (χ1) is 9.56. The molecule has 0 saturated heterocycles. The summed E-state index contributed by atoms with van der Waals surface area (Å²) in [5.41, 5.74) is 3.52. The van der Waals surface area contributed by atoms with E-state index in [1.165, 1.54) is 11.3 Å². The Kier molecular flexibility index (Phi) is 4.65. The standard InChI is InChI=1S/C16H25N3O/c1-6-13-16(14(7-2)19(5)18-13)15-9-8-12(20-15)10-17-11(3)4/h8-9,11,17H,6-7,10H2,1-5H3. The minimum Gasteiger partial charge on any atom is -0.460 e. The van der Waals surface area contributed by atoms with Gasteiger partial charge in [-0.1, -0.05) is 27.7 Å². The molecule has 0 aliphatic heterocycles. The zero-order chi connectivity index (χ0) is 14.7. The summed E-state index contributed by atoms with van der Waals surface area (Å²) in [4.78, 5) is 0. The highest BCUT2D eigenvalue weighted by atomic mass is 16.3. The highest BCUT2D eigenvalue weighted by molar-refractivity contribution is 5.64. The van der Waals surface area contributed by atoms with Crippen LogP contribution in [-0.2, 0) is 26.4 Å². The van der Waals surface area contributed by atoms with Crippen LogP contribution in [0.1, 0.15) is 44.8 Å². The smallest absolute Gasteiger partial charge is 0.138 e. The maximum atomic E-state index is 6.00. The van der Waals surface area contributed by atoms with Crippen LogP contribution in [0.25, 0.3) is 11.3 Å². The summed E-state index contributed by atoms with van der Waals surface area (Å²) < 4.78 is 7.98. The molecule has 20 heavy (non-hydrogen) atoms. The second-order valence-corrected chi connectivity index (χ2v) is 5.40. The number of hydrogen-bond acceptors (Lipinski definition) is 3. The first-order valence-electron chi connectivity index (χ1n) is 7.44. The van der Waals surface area contributed by atoms with Gasteiger partial charge in [0.1, 0.15) is 11.5 Å². The van der Waals surface area contributed by atoms with Crippen LogP contribution >= 0.6 is 0 Å². The molecule has 110 valence electrons. The minimum atomic E-state index is 0.458. The summed E-state index contributed by atoms with van der Waals surface area (Å²) in [6.07, 6.45) is 1.88. The predicted molar refractivity (Wildman–Crippen MR) is 81.6 cm³/mol. The molecule has 4 heteroatoms. The highest BCUT2D eigenvalue weighted by Gasteiger charge is 2.18. The van der Waals surface area contributed by atoms with E-state index in [1.807, 2.05) is 11.7 Å². The lowest BCUT2D eigenvalue weighted by molar-refractivity contribution is 0.473. The number of furan rings is 1. The topological polar surface area (TPSA) is 43.0 Å². The van der Waals surface area contributed by atoms with Crippen molar-refractivity contribution in [2.24, 2.45) is 7.05 Å². The van der Waals surface area contributed by atoms with Crippen molar-refractivity contribution in [1.82, 2.24) is 15.1 Å². The van der Waals surface area contributed by atoms with Gasteiger partial charge in [-0.15, -0.1) is 0 Å². The lowest BCUT2D eigenvalue weighted by Gasteiger charge is -2.05. The third kappa shape index (κ3) is 2.96. The Bertz CT molecular complexity index is 566. The van der Waals surface area contributed by atoms with Crippen molar-refractivity contribution in [2.45, 2.75) is 53.1 Å². The van der Waals surface area contributed by atoms with Gasteiger partial charge in [0.15, 0.2) is 0 Å². The summed E-state index contributed by atoms with van der Waals surface area (Å²) in [5, 5.41) is 7.98. The zero-order valence-electron chi connectivity index (χ0n) is 13.2. The zero-order valence-corrected chi connectivity index (χ0v) is 13.2. The number of nitrogens with zero attached hydrogens (tertiary/aromatic N) is 2. The van der Waals surface area contributed by atoms with E-state index < -0.39 is 0 Å². The molecule has 2 aromatic rings. The first-order valence-corrected chi connectivity index (χ1v) is 7.44. The van der Waals surface area contributed by atoms with Crippen molar-refractivity contribution in [3.63, 3.8) is 0 Å². The van der Waals surface area contributed by atoms with Crippen LogP contribution in [0.15, 0.2) is 16.5 Å². The molecule has 1 N–H and O–H groups in total. The van der Waals surface area contributed by atoms with Crippen molar-refractivity contribution in [2.75, 3.05) is 0 Å². The Hall–Kier alpha value is -1.55. The molecule has 0 unspecified atom stereocenters. The monoisotopic (exact) mass is 275 g/mol. The van der Waals surface area contributed by atoms with Crippen LogP contribution in [0.4, 0.5) is 0 Å². The normalized spacial score (nSPS) is 11.5. The lowest BCUT2D eigenvalue weighted by atomic mass is 10.1. The van der Waals surface area contributed by atoms with E-state index >= 15 is 0 Å². The van der Waals surface area contributed by atoms with Crippen LogP contribution in [0.3, 0.4) is 0 Å². The number of aromatic nitrogens is 2. The molecular formula is C16H25N3O. The van der Waals surface area contributed by atoms with Crippen LogP contribution in [-0.4, -0.2) is 15.8 Å². The van der Waals surface area contributed by atoms with Gasteiger partial charge >= 0.3 is 0 Å². The quantitative estimate of drug-likeness (QED) is 0.879. The third-order valence-corrected chi connectivity index (χ3v) is 3.50. The van der Waals surface area contributed by atoms with Crippen molar-refractivity contribution in [3.8, 4) is 11.3 Å². The molecule has 0 amide bonds. The molecule has 0 spiro atoms. The maximum absolute atomic E-state index is 6.00. The first kappa shape index (κ1) is 14.9. The number of hydrogen-bond donors (Lipinski definition) is 1. The van der Waals surface area contributed by atoms with E-state index in [0.29, 0.717) is 6.04 Å². The van der Waals surface area contributed by atoms with Crippen LogP contribution < -0.4 is 5.32 Å². The molecule has 0 atom stereocenters. The molecule has 0 bridgehead atoms. The average Bonchev–Trinajstić information content (AvgIpc) is 2.99. The van der Waals surface area contributed by atoms with Crippen LogP contribution in [0.2, 0.25) is 0 Å². The Morgan fingerprint density at radius 3 is 2.60 bits per heavy atom. The van der Waals surface area contributed by atoms with Gasteiger partial charge in [-0.2, -0.15) is 5.10 Å². The Labute approximate surface area is 121 Å². The highest BCUT2D eigenvalue weighted by Crippen LogP contribution is 2.30. The summed E-state index contributed by atoms with van der Waals surface area (Å²) in [5.74, 6) is 1.91. The summed E-state index contributed by atoms with van der Waals surface area (Å²) in [6, 6.07) is 4.57. The van der Waals surface area contributed by atoms with Gasteiger partial charge in [-0.3, -0.25) is 4.68 Å². The molecule has 0 aliphatic rings. The van der Waals surface area contributed by atoms with Crippen molar-refractivity contribution < 1.29 is 4.42 Å². The number of rotatable bonds is 6. The average molecular weight is 275 g/mol. The lowest BCUT2D eigenvalue weighted by Crippen LogP contribution is -2.21. The summed E-state index contributed by atoms with van der Waals surface area (Å²) in [6.45, 7) is 9.32. The van der Waals surface area contributed by atoms with E-state index in [1.54, 1.807) is 0 Å². The van der Waals surface area contributed by atoms with Crippen molar-refractivity contribution in [1.29, 1.82) is 0 Å². The van der Waals surface area contributed by atoms with Crippen molar-refractivity contribution in [3.05, 3.63) is 29.3 Å². The minimum absolute atomic E-state index is 0.458. The number of nitrogens with one attached hydrogen (secondary N) is 1. The second kappa shape index (κ2) is 6.27. The Balaban J connectivity index is 2.32.